The lowest BCUT2D eigenvalue weighted by Gasteiger charge is -2.31. The Balaban J connectivity index is 1.27. The molecule has 32 heavy (non-hydrogen) atoms. The molecule has 2 aromatic heterocycles. The van der Waals surface area contributed by atoms with E-state index in [2.05, 4.69) is 32.4 Å². The van der Waals surface area contributed by atoms with Crippen LogP contribution in [0.5, 0.6) is 0 Å². The average Bonchev–Trinajstić information content (AvgIpc) is 2.82. The van der Waals surface area contributed by atoms with Crippen molar-refractivity contribution in [3.05, 3.63) is 70.1 Å². The zero-order valence-electron chi connectivity index (χ0n) is 18.1. The van der Waals surface area contributed by atoms with Crippen LogP contribution in [0.15, 0.2) is 53.6 Å². The summed E-state index contributed by atoms with van der Waals surface area (Å²) in [6, 6.07) is 10.9. The van der Waals surface area contributed by atoms with Crippen LogP contribution in [0.1, 0.15) is 35.7 Å². The average molecular weight is 434 g/mol. The van der Waals surface area contributed by atoms with E-state index in [1.54, 1.807) is 30.5 Å². The van der Waals surface area contributed by atoms with Gasteiger partial charge < -0.3 is 20.5 Å². The van der Waals surface area contributed by atoms with Gasteiger partial charge in [0.05, 0.1) is 6.54 Å². The number of anilines is 1. The highest BCUT2D eigenvalue weighted by Crippen LogP contribution is 2.21. The number of aromatic nitrogens is 2. The first-order chi connectivity index (χ1) is 15.5. The Morgan fingerprint density at radius 1 is 1.12 bits per heavy atom. The number of nitrogens with one attached hydrogen (secondary N) is 3. The summed E-state index contributed by atoms with van der Waals surface area (Å²) in [5.74, 6) is 0.791. The second-order valence-electron chi connectivity index (χ2n) is 8.23. The highest BCUT2D eigenvalue weighted by Gasteiger charge is 2.17. The third-order valence-corrected chi connectivity index (χ3v) is 5.85. The molecule has 1 aromatic carbocycles. The number of fused-ring (bicyclic) bond motifs is 1. The van der Waals surface area contributed by atoms with E-state index in [0.29, 0.717) is 17.4 Å². The fourth-order valence-electron chi connectivity index (χ4n) is 3.80. The fraction of sp³-hybridized carbons (Fsp3) is 0.333. The second-order valence-corrected chi connectivity index (χ2v) is 8.23. The summed E-state index contributed by atoms with van der Waals surface area (Å²) in [5, 5.41) is 5.69. The molecule has 1 aliphatic heterocycles. The van der Waals surface area contributed by atoms with E-state index >= 15 is 0 Å². The third-order valence-electron chi connectivity index (χ3n) is 5.85. The number of H-pyrrole nitrogens is 1. The van der Waals surface area contributed by atoms with Gasteiger partial charge >= 0.3 is 0 Å². The molecule has 0 unspecified atom stereocenters. The van der Waals surface area contributed by atoms with Crippen LogP contribution in [-0.4, -0.2) is 41.4 Å². The van der Waals surface area contributed by atoms with Crippen LogP contribution in [0, 0.1) is 5.92 Å². The van der Waals surface area contributed by atoms with Gasteiger partial charge in [0.25, 0.3) is 5.91 Å². The van der Waals surface area contributed by atoms with Gasteiger partial charge in [-0.1, -0.05) is 25.1 Å². The van der Waals surface area contributed by atoms with Crippen molar-refractivity contribution in [2.75, 3.05) is 24.5 Å². The second kappa shape index (κ2) is 9.64. The lowest BCUT2D eigenvalue weighted by Crippen LogP contribution is -2.38. The van der Waals surface area contributed by atoms with Crippen molar-refractivity contribution >= 4 is 28.5 Å². The van der Waals surface area contributed by atoms with Gasteiger partial charge in [-0.25, -0.2) is 4.98 Å². The number of hydrogen-bond acceptors (Lipinski definition) is 5. The number of amides is 2. The highest BCUT2D eigenvalue weighted by molar-refractivity contribution is 5.98. The van der Waals surface area contributed by atoms with E-state index in [0.717, 1.165) is 30.4 Å². The largest absolute Gasteiger partial charge is 0.360 e. The monoisotopic (exact) mass is 433 g/mol. The van der Waals surface area contributed by atoms with E-state index in [4.69, 9.17) is 0 Å². The first kappa shape index (κ1) is 21.5. The number of carbonyl (C=O) groups excluding carboxylic acids is 2. The number of hydrogen-bond donors (Lipinski definition) is 3. The molecule has 8 nitrogen and oxygen atoms in total. The molecule has 166 valence electrons. The lowest BCUT2D eigenvalue weighted by molar-refractivity contribution is -0.120. The maximum absolute atomic E-state index is 12.5. The number of piperidine rings is 1. The molecule has 0 bridgehead atoms. The molecule has 8 heteroatoms. The first-order valence-electron chi connectivity index (χ1n) is 10.9. The number of carbonyl (C=O) groups is 2. The summed E-state index contributed by atoms with van der Waals surface area (Å²) in [4.78, 5) is 46.8. The Morgan fingerprint density at radius 2 is 1.91 bits per heavy atom. The quantitative estimate of drug-likeness (QED) is 0.553. The Labute approximate surface area is 186 Å². The van der Waals surface area contributed by atoms with Gasteiger partial charge in [0.15, 0.2) is 0 Å². The normalized spacial score (nSPS) is 14.3. The van der Waals surface area contributed by atoms with Gasteiger partial charge in [0.2, 0.25) is 11.3 Å². The maximum Gasteiger partial charge on any atom is 0.257 e. The highest BCUT2D eigenvalue weighted by atomic mass is 16.2. The van der Waals surface area contributed by atoms with Crippen molar-refractivity contribution in [1.82, 2.24) is 20.6 Å². The van der Waals surface area contributed by atoms with Crippen LogP contribution >= 0.6 is 0 Å². The minimum absolute atomic E-state index is 0.0246. The summed E-state index contributed by atoms with van der Waals surface area (Å²) >= 11 is 0. The maximum atomic E-state index is 12.5. The van der Waals surface area contributed by atoms with Gasteiger partial charge in [-0.15, -0.1) is 0 Å². The summed E-state index contributed by atoms with van der Waals surface area (Å²) < 4.78 is 0. The first-order valence-corrected chi connectivity index (χ1v) is 10.9. The molecule has 1 fully saturated rings. The number of benzene rings is 1. The van der Waals surface area contributed by atoms with Gasteiger partial charge in [-0.2, -0.15) is 0 Å². The molecule has 0 atom stereocenters. The lowest BCUT2D eigenvalue weighted by atomic mass is 9.99. The fourth-order valence-corrected chi connectivity index (χ4v) is 3.80. The van der Waals surface area contributed by atoms with Crippen molar-refractivity contribution in [1.29, 1.82) is 0 Å². The van der Waals surface area contributed by atoms with Crippen LogP contribution in [0.3, 0.4) is 0 Å². The summed E-state index contributed by atoms with van der Waals surface area (Å²) in [5.41, 5.74) is 1.14. The van der Waals surface area contributed by atoms with Crippen molar-refractivity contribution in [2.45, 2.75) is 26.3 Å². The Bertz CT molecular complexity index is 1160. The Kier molecular flexibility index (Phi) is 6.49. The molecule has 2 amide bonds. The number of para-hydroxylation sites is 1. The predicted octanol–water partition coefficient (Wildman–Crippen LogP) is 2.21. The van der Waals surface area contributed by atoms with Crippen molar-refractivity contribution < 1.29 is 9.59 Å². The van der Waals surface area contributed by atoms with E-state index in [1.807, 2.05) is 12.1 Å². The predicted molar refractivity (Wildman–Crippen MR) is 124 cm³/mol. The molecule has 3 heterocycles. The molecule has 0 aliphatic carbocycles. The van der Waals surface area contributed by atoms with Crippen molar-refractivity contribution in [3.63, 3.8) is 0 Å². The SMILES string of the molecule is CC1CCN(c2ccc(CNC(=O)CNC(=O)c3c[nH]c4ccccc4c3=O)cn2)CC1. The Hall–Kier alpha value is -3.68. The van der Waals surface area contributed by atoms with E-state index in [-0.39, 0.29) is 23.4 Å². The van der Waals surface area contributed by atoms with Gasteiger partial charge in [0, 0.05) is 42.9 Å². The van der Waals surface area contributed by atoms with Crippen molar-refractivity contribution in [2.24, 2.45) is 5.92 Å². The Morgan fingerprint density at radius 3 is 2.66 bits per heavy atom. The van der Waals surface area contributed by atoms with Crippen LogP contribution in [-0.2, 0) is 11.3 Å². The zero-order chi connectivity index (χ0) is 22.5. The van der Waals surface area contributed by atoms with Crippen molar-refractivity contribution in [3.8, 4) is 0 Å². The molecule has 0 radical (unpaired) electrons. The van der Waals surface area contributed by atoms with E-state index < -0.39 is 5.91 Å². The molecule has 1 saturated heterocycles. The van der Waals surface area contributed by atoms with Gasteiger partial charge in [-0.05, 0) is 42.5 Å². The van der Waals surface area contributed by atoms with Crippen LogP contribution in [0.2, 0.25) is 0 Å². The standard InChI is InChI=1S/C24H27N5O3/c1-16-8-10-29(11-9-16)21-7-6-17(12-26-21)13-27-22(30)15-28-24(32)19-14-25-20-5-3-2-4-18(20)23(19)31/h2-7,12,14,16H,8-11,13,15H2,1H3,(H,25,31)(H,27,30)(H,28,32). The molecule has 3 N–H and O–H groups in total. The minimum atomic E-state index is -0.589. The molecule has 3 aromatic rings. The third kappa shape index (κ3) is 4.96. The summed E-state index contributed by atoms with van der Waals surface area (Å²) in [6.07, 6.45) is 5.49. The van der Waals surface area contributed by atoms with Crippen LogP contribution in [0.4, 0.5) is 5.82 Å². The number of pyridine rings is 2. The number of nitrogens with zero attached hydrogens (tertiary/aromatic N) is 2. The topological polar surface area (TPSA) is 107 Å². The molecule has 1 aliphatic rings. The number of rotatable bonds is 6. The van der Waals surface area contributed by atoms with Gasteiger partial charge in [0.1, 0.15) is 11.4 Å². The smallest absolute Gasteiger partial charge is 0.257 e. The van der Waals surface area contributed by atoms with Crippen LogP contribution < -0.4 is 21.0 Å². The number of aromatic amines is 1. The summed E-state index contributed by atoms with van der Waals surface area (Å²) in [7, 11) is 0. The minimum Gasteiger partial charge on any atom is -0.360 e. The van der Waals surface area contributed by atoms with Gasteiger partial charge in [-0.3, -0.25) is 14.4 Å². The molecule has 0 saturated carbocycles. The molecular formula is C24H27N5O3. The van der Waals surface area contributed by atoms with E-state index in [1.165, 1.54) is 19.0 Å². The van der Waals surface area contributed by atoms with Crippen LogP contribution in [0.25, 0.3) is 10.9 Å². The molecule has 0 spiro atoms. The molecule has 4 rings (SSSR count). The van der Waals surface area contributed by atoms with E-state index in [9.17, 15) is 14.4 Å². The zero-order valence-corrected chi connectivity index (χ0v) is 18.1. The molecular weight excluding hydrogens is 406 g/mol. The summed E-state index contributed by atoms with van der Waals surface area (Å²) in [6.45, 7) is 4.41.